The van der Waals surface area contributed by atoms with Gasteiger partial charge in [0.05, 0.1) is 0 Å². The first-order valence-electron chi connectivity index (χ1n) is 8.36. The van der Waals surface area contributed by atoms with Gasteiger partial charge in [0.25, 0.3) is 8.32 Å². The highest BCUT2D eigenvalue weighted by molar-refractivity contribution is 6.73. The highest BCUT2D eigenvalue weighted by Gasteiger charge is 2.56. The van der Waals surface area contributed by atoms with Crippen LogP contribution in [0.2, 0.25) is 13.1 Å². The monoisotopic (exact) mass is 336 g/mol. The topological polar surface area (TPSA) is 46.2 Å². The van der Waals surface area contributed by atoms with Gasteiger partial charge in [-0.2, -0.15) is 0 Å². The van der Waals surface area contributed by atoms with E-state index in [2.05, 4.69) is 26.9 Å². The Bertz CT molecular complexity index is 284. The molecule has 6 heteroatoms. The number of rotatable bonds is 13. The zero-order valence-electron chi connectivity index (χ0n) is 15.7. The Hall–Kier alpha value is 0.0169. The lowest BCUT2D eigenvalue weighted by Crippen LogP contribution is -2.67. The van der Waals surface area contributed by atoms with Gasteiger partial charge in [0.15, 0.2) is 6.29 Å². The molecule has 0 saturated carbocycles. The molecular formula is C16H36O5Si. The Morgan fingerprint density at radius 1 is 1.00 bits per heavy atom. The van der Waals surface area contributed by atoms with E-state index < -0.39 is 13.7 Å². The quantitative estimate of drug-likeness (QED) is 0.379. The average Bonchev–Trinajstić information content (AvgIpc) is 2.52. The van der Waals surface area contributed by atoms with Gasteiger partial charge < -0.3 is 23.4 Å². The Morgan fingerprint density at radius 3 is 2.00 bits per heavy atom. The van der Waals surface area contributed by atoms with E-state index in [1.165, 1.54) is 0 Å². The molecule has 0 saturated heterocycles. The SMILES string of the molecule is CCCOC(C)C(OCCC)(OC(CC)OC)[Si](C)(C)OC. The molecule has 0 aliphatic carbocycles. The zero-order valence-corrected chi connectivity index (χ0v) is 16.7. The Morgan fingerprint density at radius 2 is 1.59 bits per heavy atom. The molecule has 0 fully saturated rings. The highest BCUT2D eigenvalue weighted by Crippen LogP contribution is 2.34. The van der Waals surface area contributed by atoms with Gasteiger partial charge in [-0.1, -0.05) is 20.8 Å². The molecule has 0 N–H and O–H groups in total. The smallest absolute Gasteiger partial charge is 0.254 e. The van der Waals surface area contributed by atoms with E-state index in [-0.39, 0.29) is 12.4 Å². The van der Waals surface area contributed by atoms with Crippen LogP contribution in [0.25, 0.3) is 0 Å². The van der Waals surface area contributed by atoms with Gasteiger partial charge in [-0.05, 0) is 39.3 Å². The maximum absolute atomic E-state index is 6.32. The van der Waals surface area contributed by atoms with Crippen LogP contribution in [-0.4, -0.2) is 53.6 Å². The Balaban J connectivity index is 5.58. The second-order valence-corrected chi connectivity index (χ2v) is 10.1. The molecule has 0 aliphatic rings. The Labute approximate surface area is 137 Å². The fraction of sp³-hybridized carbons (Fsp3) is 1.00. The van der Waals surface area contributed by atoms with E-state index in [9.17, 15) is 0 Å². The van der Waals surface area contributed by atoms with Gasteiger partial charge in [-0.3, -0.25) is 0 Å². The maximum atomic E-state index is 6.32. The molecule has 22 heavy (non-hydrogen) atoms. The third kappa shape index (κ3) is 5.58. The summed E-state index contributed by atoms with van der Waals surface area (Å²) in [5, 5.41) is 0. The first kappa shape index (κ1) is 22.0. The van der Waals surface area contributed by atoms with Crippen LogP contribution in [0.3, 0.4) is 0 Å². The average molecular weight is 337 g/mol. The number of methoxy groups -OCH3 is 1. The van der Waals surface area contributed by atoms with Crippen LogP contribution < -0.4 is 0 Å². The van der Waals surface area contributed by atoms with E-state index in [0.717, 1.165) is 19.3 Å². The molecule has 0 aromatic heterocycles. The summed E-state index contributed by atoms with van der Waals surface area (Å²) in [5.41, 5.74) is -0.899. The predicted molar refractivity (Wildman–Crippen MR) is 91.3 cm³/mol. The van der Waals surface area contributed by atoms with E-state index in [4.69, 9.17) is 23.4 Å². The van der Waals surface area contributed by atoms with Crippen LogP contribution in [0.15, 0.2) is 0 Å². The van der Waals surface area contributed by atoms with Crippen molar-refractivity contribution in [3.63, 3.8) is 0 Å². The van der Waals surface area contributed by atoms with Crippen molar-refractivity contribution >= 4 is 8.32 Å². The molecule has 0 aromatic rings. The van der Waals surface area contributed by atoms with Gasteiger partial charge in [0.2, 0.25) is 5.41 Å². The third-order valence-electron chi connectivity index (χ3n) is 3.88. The molecular weight excluding hydrogens is 300 g/mol. The highest BCUT2D eigenvalue weighted by atomic mass is 28.4. The van der Waals surface area contributed by atoms with E-state index in [1.54, 1.807) is 14.2 Å². The second-order valence-electron chi connectivity index (χ2n) is 5.93. The van der Waals surface area contributed by atoms with Crippen molar-refractivity contribution in [1.29, 1.82) is 0 Å². The standard InChI is InChI=1S/C16H36O5Si/c1-9-12-19-14(4)16(20-13-10-2,22(7,8)18-6)21-15(11-3)17-5/h14-15H,9-13H2,1-8H3. The summed E-state index contributed by atoms with van der Waals surface area (Å²) in [6.07, 6.45) is 2.02. The van der Waals surface area contributed by atoms with E-state index in [1.807, 2.05) is 13.8 Å². The second kappa shape index (κ2) is 10.7. The summed E-state index contributed by atoms with van der Waals surface area (Å²) in [7, 11) is 1.02. The predicted octanol–water partition coefficient (Wildman–Crippen LogP) is 3.71. The molecule has 134 valence electrons. The van der Waals surface area contributed by atoms with Crippen LogP contribution >= 0.6 is 0 Å². The summed E-state index contributed by atoms with van der Waals surface area (Å²) in [6, 6.07) is 0. The molecule has 3 unspecified atom stereocenters. The normalized spacial score (nSPS) is 18.0. The summed E-state index contributed by atoms with van der Waals surface area (Å²) in [4.78, 5) is 0. The van der Waals surface area contributed by atoms with Crippen molar-refractivity contribution in [2.24, 2.45) is 0 Å². The van der Waals surface area contributed by atoms with Gasteiger partial charge in [0, 0.05) is 27.4 Å². The lowest BCUT2D eigenvalue weighted by Gasteiger charge is -2.47. The first-order chi connectivity index (χ1) is 10.3. The molecule has 0 bridgehead atoms. The van der Waals surface area contributed by atoms with E-state index in [0.29, 0.717) is 13.2 Å². The lowest BCUT2D eigenvalue weighted by atomic mass is 10.3. The fourth-order valence-electron chi connectivity index (χ4n) is 2.35. The minimum atomic E-state index is -2.35. The molecule has 0 rings (SSSR count). The van der Waals surface area contributed by atoms with Crippen LogP contribution in [0.4, 0.5) is 0 Å². The number of hydrogen-bond donors (Lipinski definition) is 0. The third-order valence-corrected chi connectivity index (χ3v) is 7.25. The fourth-order valence-corrected chi connectivity index (χ4v) is 4.56. The van der Waals surface area contributed by atoms with Crippen molar-refractivity contribution in [1.82, 2.24) is 0 Å². The van der Waals surface area contributed by atoms with Crippen LogP contribution in [0.1, 0.15) is 47.0 Å². The summed E-state index contributed by atoms with van der Waals surface area (Å²) in [6.45, 7) is 13.6. The van der Waals surface area contributed by atoms with Gasteiger partial charge in [-0.25, -0.2) is 0 Å². The van der Waals surface area contributed by atoms with Crippen molar-refractivity contribution in [2.45, 2.75) is 77.9 Å². The van der Waals surface area contributed by atoms with Crippen LogP contribution in [0.5, 0.6) is 0 Å². The zero-order chi connectivity index (χ0) is 17.2. The minimum Gasteiger partial charge on any atom is -0.414 e. The molecule has 0 aliphatic heterocycles. The van der Waals surface area contributed by atoms with Gasteiger partial charge in [-0.15, -0.1) is 0 Å². The van der Waals surface area contributed by atoms with Crippen molar-refractivity contribution < 1.29 is 23.4 Å². The number of hydrogen-bond acceptors (Lipinski definition) is 5. The largest absolute Gasteiger partial charge is 0.414 e. The molecule has 0 aromatic carbocycles. The first-order valence-corrected chi connectivity index (χ1v) is 11.3. The summed E-state index contributed by atoms with van der Waals surface area (Å²) < 4.78 is 29.8. The van der Waals surface area contributed by atoms with Gasteiger partial charge >= 0.3 is 0 Å². The molecule has 0 amide bonds. The molecule has 0 heterocycles. The van der Waals surface area contributed by atoms with Crippen molar-refractivity contribution in [3.8, 4) is 0 Å². The van der Waals surface area contributed by atoms with Crippen LogP contribution in [-0.2, 0) is 23.4 Å². The van der Waals surface area contributed by atoms with Crippen molar-refractivity contribution in [2.75, 3.05) is 27.4 Å². The summed E-state index contributed by atoms with van der Waals surface area (Å²) >= 11 is 0. The maximum Gasteiger partial charge on any atom is 0.254 e. The van der Waals surface area contributed by atoms with E-state index >= 15 is 0 Å². The molecule has 5 nitrogen and oxygen atoms in total. The molecule has 0 spiro atoms. The molecule has 0 radical (unpaired) electrons. The summed E-state index contributed by atoms with van der Waals surface area (Å²) in [5.74, 6) is 0. The van der Waals surface area contributed by atoms with Crippen LogP contribution in [0, 0.1) is 0 Å². The number of ether oxygens (including phenoxy) is 4. The van der Waals surface area contributed by atoms with Crippen molar-refractivity contribution in [3.05, 3.63) is 0 Å². The Kier molecular flexibility index (Phi) is 10.7. The molecule has 3 atom stereocenters. The lowest BCUT2D eigenvalue weighted by molar-refractivity contribution is -0.307. The van der Waals surface area contributed by atoms with Gasteiger partial charge in [0.1, 0.15) is 6.10 Å². The minimum absolute atomic E-state index is 0.232.